The Bertz CT molecular complexity index is 287. The zero-order valence-corrected chi connectivity index (χ0v) is 9.04. The number of aryl methyl sites for hydroxylation is 1. The van der Waals surface area contributed by atoms with E-state index in [1.165, 1.54) is 22.0 Å². The summed E-state index contributed by atoms with van der Waals surface area (Å²) >= 11 is 0. The topological polar surface area (TPSA) is 0 Å². The third kappa shape index (κ3) is 2.19. The lowest BCUT2D eigenvalue weighted by atomic mass is 10.1. The number of hydrogen-bond donors (Lipinski definition) is 0. The second-order valence-electron chi connectivity index (χ2n) is 3.30. The van der Waals surface area contributed by atoms with E-state index in [0.29, 0.717) is 0 Å². The highest BCUT2D eigenvalue weighted by Gasteiger charge is 1.97. The first-order chi connectivity index (χ1) is 5.61. The van der Waals surface area contributed by atoms with Crippen molar-refractivity contribution >= 4 is 20.6 Å². The summed E-state index contributed by atoms with van der Waals surface area (Å²) in [6.45, 7) is 6.38. The molecule has 12 heavy (non-hydrogen) atoms. The van der Waals surface area contributed by atoms with Gasteiger partial charge in [0, 0.05) is 0 Å². The maximum Gasteiger partial charge on any atom is -0.0156 e. The van der Waals surface area contributed by atoms with E-state index in [1.807, 2.05) is 0 Å². The SMILES string of the molecule is CC(C)=Cc1c(C)cccc1P. The van der Waals surface area contributed by atoms with Gasteiger partial charge in [0.15, 0.2) is 0 Å². The third-order valence-electron chi connectivity index (χ3n) is 1.79. The van der Waals surface area contributed by atoms with E-state index in [4.69, 9.17) is 0 Å². The van der Waals surface area contributed by atoms with Crippen molar-refractivity contribution in [2.24, 2.45) is 0 Å². The van der Waals surface area contributed by atoms with Gasteiger partial charge in [-0.1, -0.05) is 29.8 Å². The van der Waals surface area contributed by atoms with Crippen LogP contribution in [-0.4, -0.2) is 0 Å². The fraction of sp³-hybridized carbons (Fsp3) is 0.273. The largest absolute Gasteiger partial charge is 0.105 e. The molecule has 0 radical (unpaired) electrons. The maximum absolute atomic E-state index is 2.77. The van der Waals surface area contributed by atoms with Crippen LogP contribution in [0.25, 0.3) is 6.08 Å². The summed E-state index contributed by atoms with van der Waals surface area (Å²) < 4.78 is 0. The van der Waals surface area contributed by atoms with Crippen LogP contribution in [0.5, 0.6) is 0 Å². The maximum atomic E-state index is 2.77. The molecule has 1 rings (SSSR count). The van der Waals surface area contributed by atoms with Gasteiger partial charge in [-0.15, -0.1) is 9.24 Å². The minimum atomic E-state index is 1.27. The number of allylic oxidation sites excluding steroid dienone is 1. The molecule has 0 saturated heterocycles. The normalized spacial score (nSPS) is 9.67. The van der Waals surface area contributed by atoms with Crippen LogP contribution in [0.4, 0.5) is 0 Å². The van der Waals surface area contributed by atoms with Crippen LogP contribution in [0.3, 0.4) is 0 Å². The predicted molar refractivity (Wildman–Crippen MR) is 59.8 cm³/mol. The molecule has 0 saturated carbocycles. The number of hydrogen-bond acceptors (Lipinski definition) is 0. The van der Waals surface area contributed by atoms with E-state index >= 15 is 0 Å². The molecule has 1 aromatic rings. The van der Waals surface area contributed by atoms with E-state index < -0.39 is 0 Å². The van der Waals surface area contributed by atoms with Crippen molar-refractivity contribution in [1.29, 1.82) is 0 Å². The molecule has 0 aliphatic rings. The summed E-state index contributed by atoms with van der Waals surface area (Å²) in [6.07, 6.45) is 2.22. The summed E-state index contributed by atoms with van der Waals surface area (Å²) in [5.74, 6) is 0. The molecule has 1 atom stereocenters. The van der Waals surface area contributed by atoms with E-state index in [1.54, 1.807) is 0 Å². The van der Waals surface area contributed by atoms with E-state index in [9.17, 15) is 0 Å². The van der Waals surface area contributed by atoms with Gasteiger partial charge >= 0.3 is 0 Å². The van der Waals surface area contributed by atoms with Crippen LogP contribution in [-0.2, 0) is 0 Å². The summed E-state index contributed by atoms with van der Waals surface area (Å²) in [6, 6.07) is 6.34. The van der Waals surface area contributed by atoms with Gasteiger partial charge in [-0.25, -0.2) is 0 Å². The van der Waals surface area contributed by atoms with Crippen LogP contribution in [0, 0.1) is 6.92 Å². The first-order valence-electron chi connectivity index (χ1n) is 4.11. The second kappa shape index (κ2) is 3.87. The Hall–Kier alpha value is -0.610. The van der Waals surface area contributed by atoms with Crippen LogP contribution < -0.4 is 5.30 Å². The average Bonchev–Trinajstić information content (AvgIpc) is 1.97. The van der Waals surface area contributed by atoms with Gasteiger partial charge in [0.25, 0.3) is 0 Å². The molecule has 0 N–H and O–H groups in total. The molecule has 1 aromatic carbocycles. The predicted octanol–water partition coefficient (Wildman–Crippen LogP) is 2.92. The molecule has 0 bridgehead atoms. The van der Waals surface area contributed by atoms with Crippen molar-refractivity contribution < 1.29 is 0 Å². The number of rotatable bonds is 1. The molecule has 0 amide bonds. The summed E-state index contributed by atoms with van der Waals surface area (Å²) in [5.41, 5.74) is 4.01. The van der Waals surface area contributed by atoms with Crippen LogP contribution >= 0.6 is 9.24 Å². The van der Waals surface area contributed by atoms with Crippen molar-refractivity contribution in [3.8, 4) is 0 Å². The fourth-order valence-electron chi connectivity index (χ4n) is 1.19. The zero-order valence-electron chi connectivity index (χ0n) is 7.89. The Morgan fingerprint density at radius 3 is 2.50 bits per heavy atom. The van der Waals surface area contributed by atoms with Gasteiger partial charge in [-0.2, -0.15) is 0 Å². The van der Waals surface area contributed by atoms with Crippen LogP contribution in [0.2, 0.25) is 0 Å². The Morgan fingerprint density at radius 2 is 2.00 bits per heavy atom. The van der Waals surface area contributed by atoms with Gasteiger partial charge in [0.2, 0.25) is 0 Å². The zero-order chi connectivity index (χ0) is 9.14. The van der Waals surface area contributed by atoms with Crippen molar-refractivity contribution in [3.05, 3.63) is 34.9 Å². The molecule has 1 heteroatoms. The quantitative estimate of drug-likeness (QED) is 0.580. The molecule has 0 fully saturated rings. The molecule has 0 aliphatic carbocycles. The number of benzene rings is 1. The molecule has 0 nitrogen and oxygen atoms in total. The first kappa shape index (κ1) is 9.48. The van der Waals surface area contributed by atoms with Gasteiger partial charge in [0.05, 0.1) is 0 Å². The van der Waals surface area contributed by atoms with Gasteiger partial charge in [-0.3, -0.25) is 0 Å². The Balaban J connectivity index is 3.22. The Kier molecular flexibility index (Phi) is 3.05. The lowest BCUT2D eigenvalue weighted by Crippen LogP contribution is -1.98. The molecule has 0 spiro atoms. The second-order valence-corrected chi connectivity index (χ2v) is 3.92. The average molecular weight is 178 g/mol. The third-order valence-corrected chi connectivity index (χ3v) is 2.29. The van der Waals surface area contributed by atoms with Crippen LogP contribution in [0.15, 0.2) is 23.8 Å². The van der Waals surface area contributed by atoms with E-state index in [0.717, 1.165) is 0 Å². The standard InChI is InChI=1S/C11H15P/c1-8(2)7-10-9(3)5-4-6-11(10)12/h4-7H,12H2,1-3H3. The Labute approximate surface area is 76.9 Å². The monoisotopic (exact) mass is 178 g/mol. The highest BCUT2D eigenvalue weighted by Crippen LogP contribution is 2.11. The molecule has 0 heterocycles. The fourth-order valence-corrected chi connectivity index (χ4v) is 1.61. The molecular formula is C11H15P. The molecule has 0 aromatic heterocycles. The highest BCUT2D eigenvalue weighted by atomic mass is 31.0. The lowest BCUT2D eigenvalue weighted by molar-refractivity contribution is 1.40. The van der Waals surface area contributed by atoms with Gasteiger partial charge < -0.3 is 0 Å². The first-order valence-corrected chi connectivity index (χ1v) is 4.69. The molecular weight excluding hydrogens is 163 g/mol. The summed E-state index contributed by atoms with van der Waals surface area (Å²) in [4.78, 5) is 0. The molecule has 64 valence electrons. The summed E-state index contributed by atoms with van der Waals surface area (Å²) in [5, 5.41) is 1.27. The van der Waals surface area contributed by atoms with Gasteiger partial charge in [-0.05, 0) is 37.2 Å². The van der Waals surface area contributed by atoms with Gasteiger partial charge in [0.1, 0.15) is 0 Å². The smallest absolute Gasteiger partial charge is 0.0156 e. The highest BCUT2D eigenvalue weighted by molar-refractivity contribution is 7.27. The molecule has 0 aliphatic heterocycles. The molecule has 1 unspecified atom stereocenters. The van der Waals surface area contributed by atoms with Crippen molar-refractivity contribution in [3.63, 3.8) is 0 Å². The van der Waals surface area contributed by atoms with Crippen molar-refractivity contribution in [2.45, 2.75) is 20.8 Å². The summed E-state index contributed by atoms with van der Waals surface area (Å²) in [7, 11) is 2.77. The van der Waals surface area contributed by atoms with E-state index in [2.05, 4.69) is 54.3 Å². The lowest BCUT2D eigenvalue weighted by Gasteiger charge is -2.04. The van der Waals surface area contributed by atoms with Crippen molar-refractivity contribution in [2.75, 3.05) is 0 Å². The van der Waals surface area contributed by atoms with E-state index in [-0.39, 0.29) is 0 Å². The minimum Gasteiger partial charge on any atom is -0.105 e. The van der Waals surface area contributed by atoms with Crippen molar-refractivity contribution in [1.82, 2.24) is 0 Å². The minimum absolute atomic E-state index is 1.27. The van der Waals surface area contributed by atoms with Crippen LogP contribution in [0.1, 0.15) is 25.0 Å². The Morgan fingerprint density at radius 1 is 1.33 bits per heavy atom.